The van der Waals surface area contributed by atoms with Gasteiger partial charge in [0.25, 0.3) is 0 Å². The van der Waals surface area contributed by atoms with Gasteiger partial charge in [0, 0.05) is 17.1 Å². The molecule has 1 aromatic heterocycles. The molecule has 1 aliphatic rings. The van der Waals surface area contributed by atoms with Gasteiger partial charge in [0.2, 0.25) is 0 Å². The lowest BCUT2D eigenvalue weighted by molar-refractivity contribution is 0.525. The van der Waals surface area contributed by atoms with E-state index in [2.05, 4.69) is 40.6 Å². The highest BCUT2D eigenvalue weighted by Gasteiger charge is 2.23. The molecule has 2 atom stereocenters. The molecule has 0 amide bonds. The van der Waals surface area contributed by atoms with Gasteiger partial charge in [0.15, 0.2) is 0 Å². The average molecular weight is 229 g/mol. The molecule has 1 saturated carbocycles. The number of rotatable bonds is 3. The Balaban J connectivity index is 1.79. The maximum atomic E-state index is 4.10. The minimum atomic E-state index is 0.639. The van der Waals surface area contributed by atoms with Crippen LogP contribution in [0.1, 0.15) is 32.6 Å². The molecular weight excluding hydrogens is 210 g/mol. The van der Waals surface area contributed by atoms with Crippen LogP contribution in [-0.4, -0.2) is 16.2 Å². The molecule has 2 aromatic rings. The van der Waals surface area contributed by atoms with Gasteiger partial charge >= 0.3 is 0 Å². The van der Waals surface area contributed by atoms with Crippen LogP contribution in [0.4, 0.5) is 5.69 Å². The zero-order chi connectivity index (χ0) is 11.7. The van der Waals surface area contributed by atoms with E-state index < -0.39 is 0 Å². The predicted molar refractivity (Wildman–Crippen MR) is 71.1 cm³/mol. The van der Waals surface area contributed by atoms with E-state index in [1.54, 1.807) is 0 Å². The lowest BCUT2D eigenvalue weighted by Gasteiger charge is -2.15. The van der Waals surface area contributed by atoms with Gasteiger partial charge in [0.1, 0.15) is 0 Å². The summed E-state index contributed by atoms with van der Waals surface area (Å²) in [5, 5.41) is 12.0. The highest BCUT2D eigenvalue weighted by molar-refractivity contribution is 5.90. The second kappa shape index (κ2) is 4.40. The first-order valence-corrected chi connectivity index (χ1v) is 6.55. The van der Waals surface area contributed by atoms with Crippen molar-refractivity contribution in [2.75, 3.05) is 5.32 Å². The molecule has 1 fully saturated rings. The first kappa shape index (κ1) is 10.6. The fraction of sp³-hybridized carbons (Fsp3) is 0.500. The maximum absolute atomic E-state index is 4.10. The second-order valence-corrected chi connectivity index (χ2v) is 5.07. The predicted octanol–water partition coefficient (Wildman–Crippen LogP) is 3.55. The Kier molecular flexibility index (Phi) is 2.75. The molecule has 3 heteroatoms. The van der Waals surface area contributed by atoms with E-state index in [0.717, 1.165) is 11.4 Å². The summed E-state index contributed by atoms with van der Waals surface area (Å²) in [7, 11) is 0. The molecule has 0 radical (unpaired) electrons. The highest BCUT2D eigenvalue weighted by atomic mass is 15.1. The van der Waals surface area contributed by atoms with Gasteiger partial charge in [-0.2, -0.15) is 5.10 Å². The third-order valence-corrected chi connectivity index (χ3v) is 3.96. The largest absolute Gasteiger partial charge is 0.382 e. The monoisotopic (exact) mass is 229 g/mol. The number of nitrogens with one attached hydrogen (secondary N) is 2. The van der Waals surface area contributed by atoms with Crippen LogP contribution in [-0.2, 0) is 0 Å². The Bertz CT molecular complexity index is 503. The van der Waals surface area contributed by atoms with Crippen molar-refractivity contribution in [3.8, 4) is 0 Å². The third kappa shape index (κ3) is 2.02. The molecule has 90 valence electrons. The van der Waals surface area contributed by atoms with Crippen LogP contribution in [0.5, 0.6) is 0 Å². The molecule has 3 rings (SSSR count). The minimum Gasteiger partial charge on any atom is -0.382 e. The molecule has 0 bridgehead atoms. The SMILES string of the molecule is CCC1CCC(Nc2cccc3[nH]ncc23)C1. The van der Waals surface area contributed by atoms with Crippen molar-refractivity contribution in [2.24, 2.45) is 5.92 Å². The summed E-state index contributed by atoms with van der Waals surface area (Å²) in [6.45, 7) is 2.30. The molecular formula is C14H19N3. The van der Waals surface area contributed by atoms with Crippen molar-refractivity contribution >= 4 is 16.6 Å². The summed E-state index contributed by atoms with van der Waals surface area (Å²) in [4.78, 5) is 0. The van der Waals surface area contributed by atoms with Gasteiger partial charge < -0.3 is 5.32 Å². The van der Waals surface area contributed by atoms with E-state index in [-0.39, 0.29) is 0 Å². The maximum Gasteiger partial charge on any atom is 0.0671 e. The minimum absolute atomic E-state index is 0.639. The third-order valence-electron chi connectivity index (χ3n) is 3.96. The molecule has 1 aliphatic carbocycles. The standard InChI is InChI=1S/C14H19N3/c1-2-10-6-7-11(8-10)16-13-4-3-5-14-12(13)9-15-17-14/h3-5,9-11,16H,2,6-8H2,1H3,(H,15,17). The zero-order valence-corrected chi connectivity index (χ0v) is 10.2. The van der Waals surface area contributed by atoms with E-state index >= 15 is 0 Å². The first-order chi connectivity index (χ1) is 8.36. The fourth-order valence-electron chi connectivity index (χ4n) is 2.89. The summed E-state index contributed by atoms with van der Waals surface area (Å²) in [6.07, 6.45) is 7.20. The molecule has 0 aliphatic heterocycles. The summed E-state index contributed by atoms with van der Waals surface area (Å²) in [5.74, 6) is 0.913. The normalized spacial score (nSPS) is 24.3. The molecule has 2 N–H and O–H groups in total. The lowest BCUT2D eigenvalue weighted by atomic mass is 10.1. The number of hydrogen-bond acceptors (Lipinski definition) is 2. The van der Waals surface area contributed by atoms with Gasteiger partial charge in [-0.05, 0) is 37.3 Å². The molecule has 1 heterocycles. The Hall–Kier alpha value is -1.51. The Morgan fingerprint density at radius 2 is 2.35 bits per heavy atom. The Morgan fingerprint density at radius 1 is 1.41 bits per heavy atom. The highest BCUT2D eigenvalue weighted by Crippen LogP contribution is 2.31. The zero-order valence-electron chi connectivity index (χ0n) is 10.2. The van der Waals surface area contributed by atoms with Crippen molar-refractivity contribution in [1.82, 2.24) is 10.2 Å². The lowest BCUT2D eigenvalue weighted by Crippen LogP contribution is -2.15. The number of fused-ring (bicyclic) bond motifs is 1. The van der Waals surface area contributed by atoms with Crippen LogP contribution in [0.25, 0.3) is 10.9 Å². The van der Waals surface area contributed by atoms with Crippen molar-refractivity contribution in [2.45, 2.75) is 38.6 Å². The Morgan fingerprint density at radius 3 is 3.18 bits per heavy atom. The summed E-state index contributed by atoms with van der Waals surface area (Å²) >= 11 is 0. The molecule has 1 aromatic carbocycles. The van der Waals surface area contributed by atoms with Crippen molar-refractivity contribution in [3.05, 3.63) is 24.4 Å². The van der Waals surface area contributed by atoms with Gasteiger partial charge in [-0.15, -0.1) is 0 Å². The van der Waals surface area contributed by atoms with Gasteiger partial charge in [-0.1, -0.05) is 19.4 Å². The van der Waals surface area contributed by atoms with E-state index in [9.17, 15) is 0 Å². The number of hydrogen-bond donors (Lipinski definition) is 2. The molecule has 3 nitrogen and oxygen atoms in total. The number of aromatic amines is 1. The first-order valence-electron chi connectivity index (χ1n) is 6.55. The van der Waals surface area contributed by atoms with Crippen molar-refractivity contribution < 1.29 is 0 Å². The number of nitrogens with zero attached hydrogens (tertiary/aromatic N) is 1. The quantitative estimate of drug-likeness (QED) is 0.845. The van der Waals surface area contributed by atoms with Crippen LogP contribution in [0.3, 0.4) is 0 Å². The topological polar surface area (TPSA) is 40.7 Å². The number of anilines is 1. The van der Waals surface area contributed by atoms with Crippen molar-refractivity contribution in [3.63, 3.8) is 0 Å². The smallest absolute Gasteiger partial charge is 0.0671 e. The Labute approximate surface area is 102 Å². The fourth-order valence-corrected chi connectivity index (χ4v) is 2.89. The van der Waals surface area contributed by atoms with Crippen LogP contribution >= 0.6 is 0 Å². The molecule has 17 heavy (non-hydrogen) atoms. The van der Waals surface area contributed by atoms with Crippen molar-refractivity contribution in [1.29, 1.82) is 0 Å². The van der Waals surface area contributed by atoms with Gasteiger partial charge in [-0.25, -0.2) is 0 Å². The van der Waals surface area contributed by atoms with Gasteiger partial charge in [-0.3, -0.25) is 5.10 Å². The second-order valence-electron chi connectivity index (χ2n) is 5.07. The number of benzene rings is 1. The van der Waals surface area contributed by atoms with E-state index in [0.29, 0.717) is 6.04 Å². The summed E-state index contributed by atoms with van der Waals surface area (Å²) in [5.41, 5.74) is 2.33. The van der Waals surface area contributed by atoms with Crippen LogP contribution in [0, 0.1) is 5.92 Å². The number of H-pyrrole nitrogens is 1. The van der Waals surface area contributed by atoms with Crippen LogP contribution < -0.4 is 5.32 Å². The van der Waals surface area contributed by atoms with Gasteiger partial charge in [0.05, 0.1) is 11.7 Å². The average Bonchev–Trinajstić information content (AvgIpc) is 2.97. The number of aromatic nitrogens is 2. The summed E-state index contributed by atoms with van der Waals surface area (Å²) in [6, 6.07) is 6.93. The summed E-state index contributed by atoms with van der Waals surface area (Å²) < 4.78 is 0. The molecule has 0 spiro atoms. The molecule has 2 unspecified atom stereocenters. The van der Waals surface area contributed by atoms with Crippen LogP contribution in [0.2, 0.25) is 0 Å². The van der Waals surface area contributed by atoms with E-state index in [1.165, 1.54) is 36.8 Å². The molecule has 0 saturated heterocycles. The van der Waals surface area contributed by atoms with E-state index in [4.69, 9.17) is 0 Å². The van der Waals surface area contributed by atoms with Crippen LogP contribution in [0.15, 0.2) is 24.4 Å². The van der Waals surface area contributed by atoms with E-state index in [1.807, 2.05) is 6.20 Å².